The minimum Gasteiger partial charge on any atom is -0.458 e. The Morgan fingerprint density at radius 2 is 1.62 bits per heavy atom. The molecule has 156 valence electrons. The maximum Gasteiger partial charge on any atom is 0.416 e. The molecule has 0 aliphatic heterocycles. The zero-order chi connectivity index (χ0) is 21.0. The molecular formula is C23H26F3NO2. The Balaban J connectivity index is 1.78. The number of rotatable bonds is 5. The number of esters is 1. The first-order chi connectivity index (χ1) is 13.8. The van der Waals surface area contributed by atoms with Crippen molar-refractivity contribution in [2.45, 2.75) is 44.0 Å². The van der Waals surface area contributed by atoms with Crippen LogP contribution in [0.25, 0.3) is 0 Å². The molecule has 3 atom stereocenters. The van der Waals surface area contributed by atoms with Gasteiger partial charge in [0.15, 0.2) is 0 Å². The first-order valence-corrected chi connectivity index (χ1v) is 9.87. The van der Waals surface area contributed by atoms with Crippen molar-refractivity contribution >= 4 is 5.97 Å². The minimum absolute atomic E-state index is 0.0990. The predicted octanol–water partition coefficient (Wildman–Crippen LogP) is 5.72. The molecule has 0 bridgehead atoms. The maximum absolute atomic E-state index is 12.7. The van der Waals surface area contributed by atoms with Crippen molar-refractivity contribution in [1.82, 2.24) is 4.90 Å². The zero-order valence-corrected chi connectivity index (χ0v) is 16.7. The van der Waals surface area contributed by atoms with Gasteiger partial charge in [-0.2, -0.15) is 13.2 Å². The van der Waals surface area contributed by atoms with Crippen LogP contribution in [-0.2, 0) is 10.9 Å². The van der Waals surface area contributed by atoms with Crippen molar-refractivity contribution in [1.29, 1.82) is 0 Å². The quantitative estimate of drug-likeness (QED) is 0.596. The standard InChI is InChI=1S/C23H26F3NO2/c1-27(2)21(16-8-4-3-5-9-16)19-10-6-7-11-20(19)29-22(28)17-12-14-18(15-13-17)23(24,25)26/h3-5,8-9,12-15,19-21H,6-7,10-11H2,1-2H3/t19-,20+,21-/m1/s1. The van der Waals surface area contributed by atoms with Gasteiger partial charge in [0.25, 0.3) is 0 Å². The minimum atomic E-state index is -4.43. The number of nitrogens with zero attached hydrogens (tertiary/aromatic N) is 1. The number of carbonyl (C=O) groups is 1. The van der Waals surface area contributed by atoms with Crippen LogP contribution in [0.5, 0.6) is 0 Å². The number of benzene rings is 2. The Kier molecular flexibility index (Phi) is 6.63. The molecule has 0 unspecified atom stereocenters. The summed E-state index contributed by atoms with van der Waals surface area (Å²) >= 11 is 0. The molecule has 6 heteroatoms. The summed E-state index contributed by atoms with van der Waals surface area (Å²) in [5.41, 5.74) is 0.532. The molecule has 1 fully saturated rings. The van der Waals surface area contributed by atoms with E-state index in [0.29, 0.717) is 0 Å². The van der Waals surface area contributed by atoms with E-state index < -0.39 is 17.7 Å². The van der Waals surface area contributed by atoms with Crippen LogP contribution >= 0.6 is 0 Å². The van der Waals surface area contributed by atoms with E-state index in [1.54, 1.807) is 0 Å². The molecule has 1 aliphatic carbocycles. The van der Waals surface area contributed by atoms with Gasteiger partial charge in [0.2, 0.25) is 0 Å². The summed E-state index contributed by atoms with van der Waals surface area (Å²) < 4.78 is 44.1. The van der Waals surface area contributed by atoms with Crippen molar-refractivity contribution < 1.29 is 22.7 Å². The summed E-state index contributed by atoms with van der Waals surface area (Å²) in [7, 11) is 4.03. The lowest BCUT2D eigenvalue weighted by atomic mass is 9.78. The van der Waals surface area contributed by atoms with Crippen LogP contribution in [0.4, 0.5) is 13.2 Å². The van der Waals surface area contributed by atoms with Crippen molar-refractivity contribution in [3.8, 4) is 0 Å². The molecule has 1 aliphatic rings. The molecule has 1 saturated carbocycles. The monoisotopic (exact) mass is 405 g/mol. The van der Waals surface area contributed by atoms with Gasteiger partial charge in [0.05, 0.1) is 11.1 Å². The van der Waals surface area contributed by atoms with Gasteiger partial charge in [0, 0.05) is 12.0 Å². The van der Waals surface area contributed by atoms with Crippen LogP contribution in [-0.4, -0.2) is 31.1 Å². The molecule has 0 radical (unpaired) electrons. The summed E-state index contributed by atoms with van der Waals surface area (Å²) in [6, 6.07) is 14.4. The lowest BCUT2D eigenvalue weighted by molar-refractivity contribution is -0.137. The molecule has 0 amide bonds. The van der Waals surface area contributed by atoms with E-state index in [9.17, 15) is 18.0 Å². The molecule has 3 nitrogen and oxygen atoms in total. The van der Waals surface area contributed by atoms with Gasteiger partial charge in [-0.05, 0) is 63.2 Å². The Hall–Kier alpha value is -2.34. The van der Waals surface area contributed by atoms with Crippen LogP contribution in [0, 0.1) is 5.92 Å². The van der Waals surface area contributed by atoms with E-state index in [1.165, 1.54) is 17.7 Å². The summed E-state index contributed by atoms with van der Waals surface area (Å²) in [6.45, 7) is 0. The van der Waals surface area contributed by atoms with E-state index >= 15 is 0 Å². The number of halogens is 3. The molecule has 2 aromatic rings. The van der Waals surface area contributed by atoms with E-state index in [2.05, 4.69) is 17.0 Å². The maximum atomic E-state index is 12.7. The van der Waals surface area contributed by atoms with Gasteiger partial charge in [-0.25, -0.2) is 4.79 Å². The molecular weight excluding hydrogens is 379 g/mol. The van der Waals surface area contributed by atoms with Crippen LogP contribution in [0.1, 0.15) is 53.2 Å². The number of alkyl halides is 3. The fourth-order valence-corrected chi connectivity index (χ4v) is 4.21. The Bertz CT molecular complexity index is 803. The third kappa shape index (κ3) is 5.18. The smallest absolute Gasteiger partial charge is 0.416 e. The molecule has 0 spiro atoms. The second kappa shape index (κ2) is 8.99. The second-order valence-electron chi connectivity index (χ2n) is 7.79. The third-order valence-corrected chi connectivity index (χ3v) is 5.56. The molecule has 2 aromatic carbocycles. The van der Waals surface area contributed by atoms with Crippen LogP contribution < -0.4 is 0 Å². The van der Waals surface area contributed by atoms with Crippen LogP contribution in [0.3, 0.4) is 0 Å². The predicted molar refractivity (Wildman–Crippen MR) is 105 cm³/mol. The van der Waals surface area contributed by atoms with Gasteiger partial charge < -0.3 is 9.64 Å². The van der Waals surface area contributed by atoms with Gasteiger partial charge in [-0.1, -0.05) is 36.8 Å². The van der Waals surface area contributed by atoms with Gasteiger partial charge in [-0.15, -0.1) is 0 Å². The number of hydrogen-bond donors (Lipinski definition) is 0. The summed E-state index contributed by atoms with van der Waals surface area (Å²) in [5, 5.41) is 0. The number of hydrogen-bond acceptors (Lipinski definition) is 3. The van der Waals surface area contributed by atoms with Gasteiger partial charge >= 0.3 is 12.1 Å². The zero-order valence-electron chi connectivity index (χ0n) is 16.7. The molecule has 0 heterocycles. The highest BCUT2D eigenvalue weighted by atomic mass is 19.4. The first kappa shape index (κ1) is 21.4. The molecule has 0 aromatic heterocycles. The Morgan fingerprint density at radius 3 is 2.21 bits per heavy atom. The van der Waals surface area contributed by atoms with E-state index in [0.717, 1.165) is 37.8 Å². The Morgan fingerprint density at radius 1 is 1.00 bits per heavy atom. The second-order valence-corrected chi connectivity index (χ2v) is 7.79. The summed E-state index contributed by atoms with van der Waals surface area (Å²) in [6.07, 6.45) is -0.971. The highest BCUT2D eigenvalue weighted by molar-refractivity contribution is 5.89. The summed E-state index contributed by atoms with van der Waals surface area (Å²) in [4.78, 5) is 14.8. The molecule has 0 N–H and O–H groups in total. The Labute approximate surface area is 169 Å². The topological polar surface area (TPSA) is 29.5 Å². The lowest BCUT2D eigenvalue weighted by Gasteiger charge is -2.40. The molecule has 0 saturated heterocycles. The highest BCUT2D eigenvalue weighted by Gasteiger charge is 2.36. The highest BCUT2D eigenvalue weighted by Crippen LogP contribution is 2.39. The lowest BCUT2D eigenvalue weighted by Crippen LogP contribution is -2.39. The number of carbonyl (C=O) groups excluding carboxylic acids is 1. The normalized spacial score (nSPS) is 21.0. The average Bonchev–Trinajstić information content (AvgIpc) is 2.69. The van der Waals surface area contributed by atoms with Crippen molar-refractivity contribution in [3.63, 3.8) is 0 Å². The van der Waals surface area contributed by atoms with E-state index in [1.807, 2.05) is 32.3 Å². The fraction of sp³-hybridized carbons (Fsp3) is 0.435. The van der Waals surface area contributed by atoms with Crippen molar-refractivity contribution in [2.24, 2.45) is 5.92 Å². The third-order valence-electron chi connectivity index (χ3n) is 5.56. The summed E-state index contributed by atoms with van der Waals surface area (Å²) in [5.74, 6) is -0.444. The average molecular weight is 405 g/mol. The van der Waals surface area contributed by atoms with Crippen molar-refractivity contribution in [3.05, 3.63) is 71.3 Å². The van der Waals surface area contributed by atoms with E-state index in [-0.39, 0.29) is 23.6 Å². The molecule has 3 rings (SSSR count). The SMILES string of the molecule is CN(C)[C@H](c1ccccc1)[C@@H]1CCCC[C@@H]1OC(=O)c1ccc(C(F)(F)F)cc1. The first-order valence-electron chi connectivity index (χ1n) is 9.87. The van der Waals surface area contributed by atoms with E-state index in [4.69, 9.17) is 4.74 Å². The van der Waals surface area contributed by atoms with Gasteiger partial charge in [0.1, 0.15) is 6.10 Å². The van der Waals surface area contributed by atoms with Crippen LogP contribution in [0.2, 0.25) is 0 Å². The van der Waals surface area contributed by atoms with Crippen molar-refractivity contribution in [2.75, 3.05) is 14.1 Å². The fourth-order valence-electron chi connectivity index (χ4n) is 4.21. The molecule has 29 heavy (non-hydrogen) atoms. The van der Waals surface area contributed by atoms with Gasteiger partial charge in [-0.3, -0.25) is 0 Å². The van der Waals surface area contributed by atoms with Crippen LogP contribution in [0.15, 0.2) is 54.6 Å². The largest absolute Gasteiger partial charge is 0.458 e. The number of ether oxygens (including phenoxy) is 1.